The van der Waals surface area contributed by atoms with Crippen LogP contribution in [0.25, 0.3) is 0 Å². The van der Waals surface area contributed by atoms with Crippen molar-refractivity contribution in [3.05, 3.63) is 34.4 Å². The molecular formula is C12H17NO5S. The SMILES string of the molecule is C=C(C)C(=O)OCC(C)(COC(=S)C(=C)C)[N+](=O)[O-]. The molecule has 0 spiro atoms. The summed E-state index contributed by atoms with van der Waals surface area (Å²) in [6, 6.07) is 0. The van der Waals surface area contributed by atoms with Crippen molar-refractivity contribution in [3.8, 4) is 0 Å². The summed E-state index contributed by atoms with van der Waals surface area (Å²) in [5.41, 5.74) is -0.909. The van der Waals surface area contributed by atoms with Crippen LogP contribution in [0.3, 0.4) is 0 Å². The Bertz CT molecular complexity index is 400. The maximum Gasteiger partial charge on any atom is 0.333 e. The van der Waals surface area contributed by atoms with E-state index in [-0.39, 0.29) is 17.2 Å². The van der Waals surface area contributed by atoms with E-state index in [4.69, 9.17) is 21.7 Å². The highest BCUT2D eigenvalue weighted by Crippen LogP contribution is 2.13. The number of hydrogen-bond acceptors (Lipinski definition) is 6. The molecule has 7 heteroatoms. The second kappa shape index (κ2) is 6.98. The van der Waals surface area contributed by atoms with Gasteiger partial charge in [0.2, 0.25) is 0 Å². The molecule has 0 aliphatic carbocycles. The van der Waals surface area contributed by atoms with Gasteiger partial charge in [0.05, 0.1) is 0 Å². The minimum atomic E-state index is -1.58. The van der Waals surface area contributed by atoms with Gasteiger partial charge in [0, 0.05) is 17.4 Å². The fraction of sp³-hybridized carbons (Fsp3) is 0.500. The third kappa shape index (κ3) is 5.60. The molecule has 106 valence electrons. The Hall–Kier alpha value is -1.76. The van der Waals surface area contributed by atoms with Gasteiger partial charge in [-0.1, -0.05) is 13.2 Å². The zero-order valence-electron chi connectivity index (χ0n) is 11.2. The first-order valence-electron chi connectivity index (χ1n) is 5.40. The summed E-state index contributed by atoms with van der Waals surface area (Å²) in [6.45, 7) is 10.6. The molecule has 0 bridgehead atoms. The topological polar surface area (TPSA) is 78.7 Å². The summed E-state index contributed by atoms with van der Waals surface area (Å²) in [4.78, 5) is 21.7. The predicted octanol–water partition coefficient (Wildman–Crippen LogP) is 2.06. The Morgan fingerprint density at radius 3 is 2.11 bits per heavy atom. The van der Waals surface area contributed by atoms with Crippen LogP contribution in [0, 0.1) is 10.1 Å². The van der Waals surface area contributed by atoms with Gasteiger partial charge in [0.15, 0.2) is 18.3 Å². The molecule has 0 aliphatic heterocycles. The lowest BCUT2D eigenvalue weighted by molar-refractivity contribution is -0.571. The van der Waals surface area contributed by atoms with E-state index in [9.17, 15) is 14.9 Å². The number of thiocarbonyl (C=S) groups is 1. The summed E-state index contributed by atoms with van der Waals surface area (Å²) in [5.74, 6) is -0.685. The van der Waals surface area contributed by atoms with Gasteiger partial charge in [-0.15, -0.1) is 0 Å². The Kier molecular flexibility index (Phi) is 6.34. The minimum Gasteiger partial charge on any atom is -0.475 e. The first kappa shape index (κ1) is 17.2. The molecule has 1 unspecified atom stereocenters. The number of ether oxygens (including phenoxy) is 2. The highest BCUT2D eigenvalue weighted by atomic mass is 32.1. The maximum absolute atomic E-state index is 11.2. The molecule has 0 heterocycles. The van der Waals surface area contributed by atoms with E-state index >= 15 is 0 Å². The molecule has 0 aromatic heterocycles. The van der Waals surface area contributed by atoms with Crippen molar-refractivity contribution in [2.45, 2.75) is 26.3 Å². The van der Waals surface area contributed by atoms with Crippen molar-refractivity contribution in [2.75, 3.05) is 13.2 Å². The zero-order valence-corrected chi connectivity index (χ0v) is 12.0. The quantitative estimate of drug-likeness (QED) is 0.234. The third-order valence-electron chi connectivity index (χ3n) is 2.17. The molecule has 0 saturated heterocycles. The Labute approximate surface area is 117 Å². The normalized spacial score (nSPS) is 13.0. The Morgan fingerprint density at radius 2 is 1.74 bits per heavy atom. The lowest BCUT2D eigenvalue weighted by atomic mass is 10.1. The van der Waals surface area contributed by atoms with Crippen LogP contribution in [0.4, 0.5) is 0 Å². The molecule has 0 aliphatic rings. The summed E-state index contributed by atoms with van der Waals surface area (Å²) in [7, 11) is 0. The van der Waals surface area contributed by atoms with E-state index in [1.807, 2.05) is 0 Å². The van der Waals surface area contributed by atoms with Crippen molar-refractivity contribution in [1.82, 2.24) is 0 Å². The molecule has 0 radical (unpaired) electrons. The Balaban J connectivity index is 4.64. The van der Waals surface area contributed by atoms with E-state index in [1.165, 1.54) is 13.8 Å². The summed E-state index contributed by atoms with van der Waals surface area (Å²) in [6.07, 6.45) is 0. The van der Waals surface area contributed by atoms with E-state index in [2.05, 4.69) is 13.2 Å². The highest BCUT2D eigenvalue weighted by molar-refractivity contribution is 7.80. The largest absolute Gasteiger partial charge is 0.475 e. The maximum atomic E-state index is 11.2. The van der Waals surface area contributed by atoms with Crippen molar-refractivity contribution < 1.29 is 19.2 Å². The number of nitrogens with zero attached hydrogens (tertiary/aromatic N) is 1. The molecule has 0 fully saturated rings. The van der Waals surface area contributed by atoms with Gasteiger partial charge in [0.1, 0.15) is 0 Å². The fourth-order valence-electron chi connectivity index (χ4n) is 0.836. The van der Waals surface area contributed by atoms with E-state index < -0.39 is 23.0 Å². The zero-order chi connectivity index (χ0) is 15.2. The molecule has 0 aromatic rings. The lowest BCUT2D eigenvalue weighted by Gasteiger charge is -2.21. The monoisotopic (exact) mass is 287 g/mol. The minimum absolute atomic E-state index is 0.0966. The van der Waals surface area contributed by atoms with Crippen molar-refractivity contribution >= 4 is 23.2 Å². The highest BCUT2D eigenvalue weighted by Gasteiger charge is 2.40. The van der Waals surface area contributed by atoms with Crippen LogP contribution in [-0.4, -0.2) is 34.7 Å². The van der Waals surface area contributed by atoms with Crippen molar-refractivity contribution in [3.63, 3.8) is 0 Å². The van der Waals surface area contributed by atoms with Crippen LogP contribution in [0.15, 0.2) is 24.3 Å². The first-order chi connectivity index (χ1) is 8.60. The van der Waals surface area contributed by atoms with E-state index in [0.717, 1.165) is 0 Å². The summed E-state index contributed by atoms with van der Waals surface area (Å²) < 4.78 is 9.90. The molecule has 0 rings (SSSR count). The van der Waals surface area contributed by atoms with Crippen LogP contribution in [0.2, 0.25) is 0 Å². The molecule has 0 N–H and O–H groups in total. The van der Waals surface area contributed by atoms with Crippen molar-refractivity contribution in [1.29, 1.82) is 0 Å². The fourth-order valence-corrected chi connectivity index (χ4v) is 0.894. The molecule has 6 nitrogen and oxygen atoms in total. The molecule has 0 aromatic carbocycles. The van der Waals surface area contributed by atoms with E-state index in [1.54, 1.807) is 6.92 Å². The van der Waals surface area contributed by atoms with Gasteiger partial charge < -0.3 is 9.47 Å². The third-order valence-corrected chi connectivity index (χ3v) is 2.63. The van der Waals surface area contributed by atoms with Crippen LogP contribution >= 0.6 is 12.2 Å². The predicted molar refractivity (Wildman–Crippen MR) is 74.5 cm³/mol. The van der Waals surface area contributed by atoms with Gasteiger partial charge in [-0.25, -0.2) is 4.79 Å². The molecule has 0 saturated carbocycles. The smallest absolute Gasteiger partial charge is 0.333 e. The molecule has 19 heavy (non-hydrogen) atoms. The summed E-state index contributed by atoms with van der Waals surface area (Å²) >= 11 is 4.84. The van der Waals surface area contributed by atoms with E-state index in [0.29, 0.717) is 5.57 Å². The average Bonchev–Trinajstić information content (AvgIpc) is 2.32. The number of rotatable bonds is 7. The number of carbonyl (C=O) groups is 1. The standard InChI is InChI=1S/C12H17NO5S/c1-8(2)10(14)17-6-12(5,13(15)16)7-18-11(19)9(3)4/h1,3,6-7H2,2,4-5H3. The number of esters is 1. The second-order valence-corrected chi connectivity index (χ2v) is 4.84. The molecule has 1 atom stereocenters. The lowest BCUT2D eigenvalue weighted by Crippen LogP contribution is -2.45. The van der Waals surface area contributed by atoms with Crippen LogP contribution < -0.4 is 0 Å². The molecule has 0 amide bonds. The Morgan fingerprint density at radius 1 is 1.26 bits per heavy atom. The summed E-state index contributed by atoms with van der Waals surface area (Å²) in [5, 5.41) is 11.1. The average molecular weight is 287 g/mol. The van der Waals surface area contributed by atoms with Crippen LogP contribution in [0.1, 0.15) is 20.8 Å². The number of carbonyl (C=O) groups excluding carboxylic acids is 1. The number of hydrogen-bond donors (Lipinski definition) is 0. The van der Waals surface area contributed by atoms with Crippen LogP contribution in [0.5, 0.6) is 0 Å². The van der Waals surface area contributed by atoms with Gasteiger partial charge in [-0.2, -0.15) is 0 Å². The van der Waals surface area contributed by atoms with Gasteiger partial charge in [-0.3, -0.25) is 10.1 Å². The molecular weight excluding hydrogens is 270 g/mol. The second-order valence-electron chi connectivity index (χ2n) is 4.47. The van der Waals surface area contributed by atoms with Gasteiger partial charge in [0.25, 0.3) is 5.54 Å². The van der Waals surface area contributed by atoms with Gasteiger partial charge >= 0.3 is 5.97 Å². The van der Waals surface area contributed by atoms with Gasteiger partial charge in [-0.05, 0) is 31.6 Å². The number of nitro groups is 1. The first-order valence-corrected chi connectivity index (χ1v) is 5.81. The van der Waals surface area contributed by atoms with Crippen LogP contribution in [-0.2, 0) is 14.3 Å². The van der Waals surface area contributed by atoms with Crippen molar-refractivity contribution in [2.24, 2.45) is 0 Å².